The largest absolute Gasteiger partial charge is 1.00 e. The van der Waals surface area contributed by atoms with Crippen molar-refractivity contribution in [3.63, 3.8) is 0 Å². The zero-order valence-electron chi connectivity index (χ0n) is 19.4. The molecule has 30 heavy (non-hydrogen) atoms. The normalized spacial score (nSPS) is 11.3. The van der Waals surface area contributed by atoms with Gasteiger partial charge in [-0.25, -0.2) is 0 Å². The van der Waals surface area contributed by atoms with Crippen LogP contribution in [0.2, 0.25) is 0 Å². The molecule has 0 aliphatic heterocycles. The summed E-state index contributed by atoms with van der Waals surface area (Å²) in [5.74, 6) is 0.962. The summed E-state index contributed by atoms with van der Waals surface area (Å²) in [6.45, 7) is 10.4. The fourth-order valence-corrected chi connectivity index (χ4v) is 2.89. The zero-order valence-corrected chi connectivity index (χ0v) is 23.8. The molecular weight excluding hydrogens is 600 g/mol. The number of hydrogen-bond acceptors (Lipinski definition) is 2. The summed E-state index contributed by atoms with van der Waals surface area (Å²) in [7, 11) is 9.07. The summed E-state index contributed by atoms with van der Waals surface area (Å²) in [5.41, 5.74) is 2.35. The molecule has 2 aromatic carbocycles. The summed E-state index contributed by atoms with van der Waals surface area (Å²) in [6.07, 6.45) is 0. The van der Waals surface area contributed by atoms with Crippen LogP contribution in [0.4, 0.5) is 11.4 Å². The zero-order chi connectivity index (χ0) is 20.6. The molecule has 0 fully saturated rings. The molecule has 170 valence electrons. The third kappa shape index (κ3) is 9.28. The highest BCUT2D eigenvalue weighted by atomic mass is 127. The Morgan fingerprint density at radius 3 is 1.87 bits per heavy atom. The molecule has 0 aromatic heterocycles. The quantitative estimate of drug-likeness (QED) is 0.217. The highest BCUT2D eigenvalue weighted by Crippen LogP contribution is 2.33. The fourth-order valence-electron chi connectivity index (χ4n) is 2.89. The highest BCUT2D eigenvalue weighted by molar-refractivity contribution is 5.69. The SMILES string of the molecule is CC[N+](C)(C)CCOc1ccccc1N(CC[N+](C)(C)CC)c1ccccc1.[I-].[I-]. The Labute approximate surface area is 218 Å². The summed E-state index contributed by atoms with van der Waals surface area (Å²) in [4.78, 5) is 2.39. The third-order valence-electron chi connectivity index (χ3n) is 5.82. The van der Waals surface area contributed by atoms with Crippen LogP contribution in [-0.2, 0) is 0 Å². The van der Waals surface area contributed by atoms with E-state index >= 15 is 0 Å². The van der Waals surface area contributed by atoms with E-state index in [1.807, 2.05) is 0 Å². The minimum Gasteiger partial charge on any atom is -1.00 e. The maximum absolute atomic E-state index is 6.27. The first-order chi connectivity index (χ1) is 13.3. The second kappa shape index (κ2) is 13.8. The molecule has 0 heterocycles. The van der Waals surface area contributed by atoms with E-state index in [9.17, 15) is 0 Å². The molecule has 0 unspecified atom stereocenters. The van der Waals surface area contributed by atoms with Gasteiger partial charge < -0.3 is 66.6 Å². The molecular formula is C24H39I2N3O. The Morgan fingerprint density at radius 1 is 0.733 bits per heavy atom. The molecule has 0 amide bonds. The summed E-state index contributed by atoms with van der Waals surface area (Å²) in [5, 5.41) is 0. The molecule has 0 spiro atoms. The van der Waals surface area contributed by atoms with Crippen molar-refractivity contribution in [2.75, 3.05) is 72.4 Å². The summed E-state index contributed by atoms with van der Waals surface area (Å²) in [6, 6.07) is 19.1. The molecule has 2 aromatic rings. The number of nitrogens with zero attached hydrogens (tertiary/aromatic N) is 3. The van der Waals surface area contributed by atoms with Crippen LogP contribution < -0.4 is 57.6 Å². The van der Waals surface area contributed by atoms with E-state index in [4.69, 9.17) is 4.74 Å². The van der Waals surface area contributed by atoms with Crippen molar-refractivity contribution in [2.45, 2.75) is 13.8 Å². The minimum absolute atomic E-state index is 0. The Kier molecular flexibility index (Phi) is 13.5. The van der Waals surface area contributed by atoms with Gasteiger partial charge in [0.2, 0.25) is 0 Å². The van der Waals surface area contributed by atoms with Gasteiger partial charge in [-0.05, 0) is 38.1 Å². The Morgan fingerprint density at radius 2 is 1.27 bits per heavy atom. The highest BCUT2D eigenvalue weighted by Gasteiger charge is 2.20. The van der Waals surface area contributed by atoms with Gasteiger partial charge >= 0.3 is 0 Å². The van der Waals surface area contributed by atoms with Gasteiger partial charge in [0, 0.05) is 5.69 Å². The van der Waals surface area contributed by atoms with Crippen LogP contribution in [0.5, 0.6) is 5.75 Å². The van der Waals surface area contributed by atoms with Crippen LogP contribution in [0.1, 0.15) is 13.8 Å². The molecule has 0 atom stereocenters. The third-order valence-corrected chi connectivity index (χ3v) is 5.82. The number of benzene rings is 2. The molecule has 0 saturated carbocycles. The van der Waals surface area contributed by atoms with Crippen molar-refractivity contribution in [1.29, 1.82) is 0 Å². The molecule has 4 nitrogen and oxygen atoms in total. The van der Waals surface area contributed by atoms with E-state index in [1.54, 1.807) is 0 Å². The van der Waals surface area contributed by atoms with Crippen LogP contribution in [0, 0.1) is 0 Å². The average Bonchev–Trinajstić information content (AvgIpc) is 2.70. The molecule has 0 radical (unpaired) electrons. The fraction of sp³-hybridized carbons (Fsp3) is 0.500. The van der Waals surface area contributed by atoms with E-state index in [-0.39, 0.29) is 48.0 Å². The van der Waals surface area contributed by atoms with Crippen molar-refractivity contribution in [3.05, 3.63) is 54.6 Å². The van der Waals surface area contributed by atoms with E-state index in [1.165, 1.54) is 5.69 Å². The average molecular weight is 639 g/mol. The summed E-state index contributed by atoms with van der Waals surface area (Å²) < 4.78 is 8.23. The van der Waals surface area contributed by atoms with E-state index in [0.29, 0.717) is 0 Å². The van der Waals surface area contributed by atoms with Gasteiger partial charge in [-0.1, -0.05) is 30.3 Å². The molecule has 6 heteroatoms. The van der Waals surface area contributed by atoms with Gasteiger partial charge in [0.15, 0.2) is 0 Å². The lowest BCUT2D eigenvalue weighted by molar-refractivity contribution is -0.888. The number of para-hydroxylation sites is 3. The topological polar surface area (TPSA) is 12.5 Å². The number of rotatable bonds is 11. The predicted molar refractivity (Wildman–Crippen MR) is 120 cm³/mol. The molecule has 2 rings (SSSR count). The number of anilines is 2. The van der Waals surface area contributed by atoms with E-state index < -0.39 is 0 Å². The van der Waals surface area contributed by atoms with Gasteiger partial charge in [-0.15, -0.1) is 0 Å². The smallest absolute Gasteiger partial charge is 0.143 e. The minimum atomic E-state index is 0. The van der Waals surface area contributed by atoms with Crippen LogP contribution in [0.3, 0.4) is 0 Å². The summed E-state index contributed by atoms with van der Waals surface area (Å²) >= 11 is 0. The lowest BCUT2D eigenvalue weighted by atomic mass is 10.2. The predicted octanol–water partition coefficient (Wildman–Crippen LogP) is -1.60. The lowest BCUT2D eigenvalue weighted by Crippen LogP contribution is -3.00. The van der Waals surface area contributed by atoms with Crippen molar-refractivity contribution < 1.29 is 61.7 Å². The Hall–Kier alpha value is -0.580. The maximum Gasteiger partial charge on any atom is 0.143 e. The van der Waals surface area contributed by atoms with Gasteiger partial charge in [0.05, 0.1) is 60.1 Å². The first-order valence-corrected chi connectivity index (χ1v) is 10.5. The van der Waals surface area contributed by atoms with Crippen molar-refractivity contribution in [3.8, 4) is 5.75 Å². The van der Waals surface area contributed by atoms with Crippen LogP contribution in [-0.4, -0.2) is 76.5 Å². The van der Waals surface area contributed by atoms with Crippen molar-refractivity contribution >= 4 is 11.4 Å². The number of quaternary nitrogens is 2. The first kappa shape index (κ1) is 29.4. The second-order valence-corrected chi connectivity index (χ2v) is 8.75. The molecule has 0 saturated heterocycles. The number of hydrogen-bond donors (Lipinski definition) is 0. The maximum atomic E-state index is 6.27. The number of likely N-dealkylation sites (N-methyl/N-ethyl adjacent to an activating group) is 2. The van der Waals surface area contributed by atoms with Gasteiger partial charge in [-0.2, -0.15) is 0 Å². The van der Waals surface area contributed by atoms with E-state index in [0.717, 1.165) is 59.7 Å². The molecule has 0 aliphatic rings. The molecule has 0 bridgehead atoms. The Balaban J connectivity index is 0.00000420. The lowest BCUT2D eigenvalue weighted by Gasteiger charge is -2.33. The standard InChI is InChI=1S/C24H39N3O.2HI/c1-7-26(3,4)19-18-25(22-14-10-9-11-15-22)23-16-12-13-17-24(23)28-21-20-27(5,6)8-2;;/h9-17H,7-8,18-21H2,1-6H3;2*1H/q+2;;/p-2. The Bertz CT molecular complexity index is 723. The van der Waals surface area contributed by atoms with E-state index in [2.05, 4.69) is 102 Å². The van der Waals surface area contributed by atoms with Crippen molar-refractivity contribution in [1.82, 2.24) is 0 Å². The molecule has 0 aliphatic carbocycles. The number of halogens is 2. The molecule has 0 N–H and O–H groups in total. The van der Waals surface area contributed by atoms with Crippen LogP contribution >= 0.6 is 0 Å². The van der Waals surface area contributed by atoms with Crippen molar-refractivity contribution in [2.24, 2.45) is 0 Å². The monoisotopic (exact) mass is 639 g/mol. The van der Waals surface area contributed by atoms with Gasteiger partial charge in [0.1, 0.15) is 18.9 Å². The second-order valence-electron chi connectivity index (χ2n) is 8.75. The van der Waals surface area contributed by atoms with Crippen LogP contribution in [0.15, 0.2) is 54.6 Å². The van der Waals surface area contributed by atoms with Gasteiger partial charge in [0.25, 0.3) is 0 Å². The first-order valence-electron chi connectivity index (χ1n) is 10.5. The number of ether oxygens (including phenoxy) is 1. The van der Waals surface area contributed by atoms with Crippen LogP contribution in [0.25, 0.3) is 0 Å². The van der Waals surface area contributed by atoms with Gasteiger partial charge in [-0.3, -0.25) is 0 Å².